The van der Waals surface area contributed by atoms with Crippen molar-refractivity contribution in [1.82, 2.24) is 5.32 Å². The van der Waals surface area contributed by atoms with Crippen molar-refractivity contribution in [3.8, 4) is 5.75 Å². The van der Waals surface area contributed by atoms with E-state index < -0.39 is 0 Å². The Morgan fingerprint density at radius 3 is 2.50 bits per heavy atom. The number of nitrogens with one attached hydrogen (secondary N) is 1. The molecule has 0 atom stereocenters. The second-order valence-electron chi connectivity index (χ2n) is 4.04. The predicted octanol–water partition coefficient (Wildman–Crippen LogP) is 2.26. The number of hydrogen-bond donors (Lipinski definition) is 1. The Labute approximate surface area is 98.3 Å². The lowest BCUT2D eigenvalue weighted by Gasteiger charge is -2.07. The molecule has 0 radical (unpaired) electrons. The zero-order valence-corrected chi connectivity index (χ0v) is 10.1. The predicted molar refractivity (Wildman–Crippen MR) is 66.7 cm³/mol. The largest absolute Gasteiger partial charge is 0.497 e. The van der Waals surface area contributed by atoms with Crippen LogP contribution in [-0.2, 0) is 11.2 Å². The fourth-order valence-corrected chi connectivity index (χ4v) is 1.33. The molecule has 0 aliphatic rings. The highest BCUT2D eigenvalue weighted by atomic mass is 16.5. The molecule has 16 heavy (non-hydrogen) atoms. The van der Waals surface area contributed by atoms with E-state index in [2.05, 4.69) is 5.32 Å². The highest BCUT2D eigenvalue weighted by Crippen LogP contribution is 2.11. The smallest absolute Gasteiger partial charge is 0.222 e. The second-order valence-corrected chi connectivity index (χ2v) is 4.04. The van der Waals surface area contributed by atoms with Crippen LogP contribution in [-0.4, -0.2) is 19.6 Å². The highest BCUT2D eigenvalue weighted by molar-refractivity contribution is 5.77. The third-order valence-corrected chi connectivity index (χ3v) is 2.40. The highest BCUT2D eigenvalue weighted by Gasteiger charge is 2.04. The third-order valence-electron chi connectivity index (χ3n) is 2.40. The summed E-state index contributed by atoms with van der Waals surface area (Å²) in [5.41, 5.74) is 1.20. The molecule has 0 heterocycles. The van der Waals surface area contributed by atoms with Gasteiger partial charge in [-0.1, -0.05) is 26.0 Å². The number of ether oxygens (including phenoxy) is 1. The lowest BCUT2D eigenvalue weighted by Crippen LogP contribution is -2.29. The van der Waals surface area contributed by atoms with Crippen molar-refractivity contribution in [3.63, 3.8) is 0 Å². The van der Waals surface area contributed by atoms with Crippen LogP contribution in [0.25, 0.3) is 0 Å². The van der Waals surface area contributed by atoms with Gasteiger partial charge >= 0.3 is 0 Å². The van der Waals surface area contributed by atoms with Crippen LogP contribution in [0.15, 0.2) is 24.3 Å². The summed E-state index contributed by atoms with van der Waals surface area (Å²) in [4.78, 5) is 11.3. The Hall–Kier alpha value is -1.51. The van der Waals surface area contributed by atoms with Gasteiger partial charge in [0.25, 0.3) is 0 Å². The Morgan fingerprint density at radius 2 is 2.00 bits per heavy atom. The van der Waals surface area contributed by atoms with Crippen molar-refractivity contribution in [2.24, 2.45) is 5.92 Å². The van der Waals surface area contributed by atoms with Crippen molar-refractivity contribution >= 4 is 5.91 Å². The first-order valence-corrected chi connectivity index (χ1v) is 5.54. The van der Waals surface area contributed by atoms with Gasteiger partial charge in [-0.25, -0.2) is 0 Å². The lowest BCUT2D eigenvalue weighted by molar-refractivity contribution is -0.123. The van der Waals surface area contributed by atoms with Crippen LogP contribution in [0, 0.1) is 5.92 Å². The van der Waals surface area contributed by atoms with E-state index in [1.54, 1.807) is 7.11 Å². The first-order valence-electron chi connectivity index (χ1n) is 5.54. The second kappa shape index (κ2) is 6.16. The maximum Gasteiger partial charge on any atom is 0.222 e. The van der Waals surface area contributed by atoms with Gasteiger partial charge in [0.05, 0.1) is 7.11 Å². The average molecular weight is 223 g/mol. The molecule has 90 valence electrons. The summed E-state index contributed by atoms with van der Waals surface area (Å²) in [5, 5.41) is 2.89. The monoisotopic (exact) mass is 223 g/mol. The molecular formula is C13H21NO2. The van der Waals surface area contributed by atoms with Gasteiger partial charge in [-0.05, 0) is 24.1 Å². The van der Waals surface area contributed by atoms with E-state index in [1.165, 1.54) is 5.56 Å². The molecule has 0 bridgehead atoms. The van der Waals surface area contributed by atoms with E-state index in [9.17, 15) is 4.79 Å². The minimum atomic E-state index is 0. The molecule has 3 heteroatoms. The van der Waals surface area contributed by atoms with E-state index in [4.69, 9.17) is 4.74 Å². The lowest BCUT2D eigenvalue weighted by atomic mass is 10.1. The van der Waals surface area contributed by atoms with Gasteiger partial charge in [0, 0.05) is 13.9 Å². The molecular weight excluding hydrogens is 202 g/mol. The van der Waals surface area contributed by atoms with E-state index in [1.807, 2.05) is 38.1 Å². The Balaban J connectivity index is 0.00000256. The Morgan fingerprint density at radius 1 is 1.38 bits per heavy atom. The molecule has 0 fully saturated rings. The number of carbonyl (C=O) groups is 1. The fourth-order valence-electron chi connectivity index (χ4n) is 1.33. The van der Waals surface area contributed by atoms with Gasteiger partial charge in [0.1, 0.15) is 5.75 Å². The van der Waals surface area contributed by atoms with Gasteiger partial charge < -0.3 is 10.1 Å². The minimum absolute atomic E-state index is 0. The summed E-state index contributed by atoms with van der Waals surface area (Å²) in [6, 6.07) is 7.89. The normalized spacial score (nSPS) is 10.2. The van der Waals surface area contributed by atoms with Gasteiger partial charge in [0.15, 0.2) is 0 Å². The van der Waals surface area contributed by atoms with Crippen LogP contribution in [0.1, 0.15) is 20.8 Å². The molecule has 3 nitrogen and oxygen atoms in total. The summed E-state index contributed by atoms with van der Waals surface area (Å²) in [7, 11) is 1.65. The van der Waals surface area contributed by atoms with Gasteiger partial charge in [-0.3, -0.25) is 4.79 Å². The molecule has 0 unspecified atom stereocenters. The number of benzene rings is 1. The maximum absolute atomic E-state index is 11.3. The number of rotatable bonds is 5. The molecule has 0 saturated carbocycles. The molecule has 0 saturated heterocycles. The standard InChI is InChI=1S/C13H19NO2.H2/c1-10(2)13(15)14-9-8-11-4-6-12(16-3)7-5-11;/h4-7,10H,8-9H2,1-3H3,(H,14,15);1H. The van der Waals surface area contributed by atoms with Crippen LogP contribution in [0.3, 0.4) is 0 Å². The summed E-state index contributed by atoms with van der Waals surface area (Å²) in [6.45, 7) is 4.47. The molecule has 1 N–H and O–H groups in total. The van der Waals surface area contributed by atoms with Crippen molar-refractivity contribution in [2.45, 2.75) is 20.3 Å². The fraction of sp³-hybridized carbons (Fsp3) is 0.462. The van der Waals surface area contributed by atoms with E-state index in [0.29, 0.717) is 6.54 Å². The van der Waals surface area contributed by atoms with Crippen LogP contribution in [0.2, 0.25) is 0 Å². The summed E-state index contributed by atoms with van der Waals surface area (Å²) in [5.74, 6) is 1.01. The number of carbonyl (C=O) groups excluding carboxylic acids is 1. The first-order chi connectivity index (χ1) is 7.63. The number of amides is 1. The quantitative estimate of drug-likeness (QED) is 0.831. The SMILES string of the molecule is COc1ccc(CCNC(=O)C(C)C)cc1.[HH]. The molecule has 1 rings (SSSR count). The molecule has 1 aromatic carbocycles. The van der Waals surface area contributed by atoms with Crippen LogP contribution < -0.4 is 10.1 Å². The zero-order chi connectivity index (χ0) is 12.0. The van der Waals surface area contributed by atoms with Crippen molar-refractivity contribution < 1.29 is 11.0 Å². The van der Waals surface area contributed by atoms with Crippen molar-refractivity contribution in [2.75, 3.05) is 13.7 Å². The summed E-state index contributed by atoms with van der Waals surface area (Å²) in [6.07, 6.45) is 0.850. The van der Waals surface area contributed by atoms with Gasteiger partial charge in [0.2, 0.25) is 5.91 Å². The average Bonchev–Trinajstić information content (AvgIpc) is 2.29. The van der Waals surface area contributed by atoms with Gasteiger partial charge in [-0.2, -0.15) is 0 Å². The molecule has 0 spiro atoms. The molecule has 0 aliphatic carbocycles. The van der Waals surface area contributed by atoms with E-state index >= 15 is 0 Å². The van der Waals surface area contributed by atoms with Crippen LogP contribution in [0.4, 0.5) is 0 Å². The Bertz CT molecular complexity index is 336. The van der Waals surface area contributed by atoms with Crippen molar-refractivity contribution in [1.29, 1.82) is 0 Å². The maximum atomic E-state index is 11.3. The Kier molecular flexibility index (Phi) is 4.83. The van der Waals surface area contributed by atoms with E-state index in [-0.39, 0.29) is 13.3 Å². The van der Waals surface area contributed by atoms with Crippen molar-refractivity contribution in [3.05, 3.63) is 29.8 Å². The number of methoxy groups -OCH3 is 1. The zero-order valence-electron chi connectivity index (χ0n) is 10.1. The summed E-state index contributed by atoms with van der Waals surface area (Å²) < 4.78 is 5.07. The van der Waals surface area contributed by atoms with Gasteiger partial charge in [-0.15, -0.1) is 0 Å². The first kappa shape index (κ1) is 12.6. The molecule has 1 amide bonds. The minimum Gasteiger partial charge on any atom is -0.497 e. The molecule has 0 aromatic heterocycles. The number of hydrogen-bond acceptors (Lipinski definition) is 2. The van der Waals surface area contributed by atoms with Crippen LogP contribution in [0.5, 0.6) is 5.75 Å². The summed E-state index contributed by atoms with van der Waals surface area (Å²) >= 11 is 0. The van der Waals surface area contributed by atoms with Crippen LogP contribution >= 0.6 is 0 Å². The third kappa shape index (κ3) is 3.93. The van der Waals surface area contributed by atoms with E-state index in [0.717, 1.165) is 12.2 Å². The topological polar surface area (TPSA) is 38.3 Å². The molecule has 0 aliphatic heterocycles. The molecule has 1 aromatic rings.